The maximum atomic E-state index is 11.6. The van der Waals surface area contributed by atoms with Crippen LogP contribution in [-0.4, -0.2) is 17.0 Å². The smallest absolute Gasteiger partial charge is 0.164 e. The van der Waals surface area contributed by atoms with Crippen molar-refractivity contribution in [2.45, 2.75) is 58.0 Å². The van der Waals surface area contributed by atoms with Crippen LogP contribution < -0.4 is 0 Å². The van der Waals surface area contributed by atoms with Crippen molar-refractivity contribution in [3.8, 4) is 0 Å². The predicted octanol–water partition coefficient (Wildman–Crippen LogP) is 2.30. The molecule has 1 aliphatic carbocycles. The van der Waals surface area contributed by atoms with Crippen molar-refractivity contribution in [1.82, 2.24) is 0 Å². The van der Waals surface area contributed by atoms with Crippen LogP contribution in [0.1, 0.15) is 51.9 Å². The molecule has 0 amide bonds. The van der Waals surface area contributed by atoms with Crippen LogP contribution in [0.15, 0.2) is 0 Å². The summed E-state index contributed by atoms with van der Waals surface area (Å²) in [7, 11) is 0. The third kappa shape index (κ3) is 3.11. The van der Waals surface area contributed by atoms with Crippen LogP contribution in [0.2, 0.25) is 0 Å². The fourth-order valence-electron chi connectivity index (χ4n) is 2.04. The van der Waals surface area contributed by atoms with Gasteiger partial charge in [0.15, 0.2) is 5.78 Å². The van der Waals surface area contributed by atoms with E-state index in [4.69, 9.17) is 0 Å². The molecule has 0 aromatic carbocycles. The Morgan fingerprint density at radius 3 is 2.31 bits per heavy atom. The van der Waals surface area contributed by atoms with E-state index in [-0.39, 0.29) is 11.7 Å². The molecule has 0 spiro atoms. The van der Waals surface area contributed by atoms with Gasteiger partial charge in [0.1, 0.15) is 6.10 Å². The molecule has 2 heteroatoms. The second-order valence-electron chi connectivity index (χ2n) is 4.01. The van der Waals surface area contributed by atoms with E-state index in [0.717, 1.165) is 25.7 Å². The number of hydrogen-bond acceptors (Lipinski definition) is 2. The summed E-state index contributed by atoms with van der Waals surface area (Å²) in [5.74, 6) is 0.238. The Morgan fingerprint density at radius 1 is 1.31 bits per heavy atom. The van der Waals surface area contributed by atoms with E-state index in [9.17, 15) is 9.90 Å². The number of ketones is 1. The number of carbonyl (C=O) groups is 1. The Hall–Kier alpha value is -0.370. The molecule has 0 aromatic heterocycles. The van der Waals surface area contributed by atoms with Gasteiger partial charge in [-0.25, -0.2) is 0 Å². The molecule has 0 aliphatic heterocycles. The van der Waals surface area contributed by atoms with Crippen LogP contribution in [0.25, 0.3) is 0 Å². The highest BCUT2D eigenvalue weighted by Gasteiger charge is 2.24. The third-order valence-corrected chi connectivity index (χ3v) is 2.97. The highest BCUT2D eigenvalue weighted by molar-refractivity contribution is 5.85. The lowest BCUT2D eigenvalue weighted by Crippen LogP contribution is -2.27. The van der Waals surface area contributed by atoms with E-state index < -0.39 is 6.10 Å². The van der Waals surface area contributed by atoms with E-state index in [1.165, 1.54) is 12.8 Å². The summed E-state index contributed by atoms with van der Waals surface area (Å²) >= 11 is 0. The lowest BCUT2D eigenvalue weighted by Gasteiger charge is -2.15. The normalized spacial score (nSPS) is 22.3. The van der Waals surface area contributed by atoms with Crippen molar-refractivity contribution >= 4 is 5.78 Å². The van der Waals surface area contributed by atoms with Crippen LogP contribution in [-0.2, 0) is 4.79 Å². The Bertz CT molecular complexity index is 157. The molecule has 1 N–H and O–H groups in total. The van der Waals surface area contributed by atoms with Crippen molar-refractivity contribution in [3.63, 3.8) is 0 Å². The Morgan fingerprint density at radius 2 is 1.85 bits per heavy atom. The lowest BCUT2D eigenvalue weighted by atomic mass is 9.91. The molecule has 0 aromatic rings. The molecule has 1 aliphatic rings. The van der Waals surface area contributed by atoms with Gasteiger partial charge in [-0.3, -0.25) is 4.79 Å². The summed E-state index contributed by atoms with van der Waals surface area (Å²) in [6, 6.07) is 0. The van der Waals surface area contributed by atoms with Gasteiger partial charge in [-0.05, 0) is 19.3 Å². The average molecular weight is 184 g/mol. The van der Waals surface area contributed by atoms with Gasteiger partial charge in [0.25, 0.3) is 0 Å². The summed E-state index contributed by atoms with van der Waals surface area (Å²) < 4.78 is 0. The Labute approximate surface area is 80.3 Å². The molecule has 0 saturated heterocycles. The largest absolute Gasteiger partial charge is 0.385 e. The maximum absolute atomic E-state index is 11.6. The van der Waals surface area contributed by atoms with Crippen LogP contribution >= 0.6 is 0 Å². The number of Topliss-reactive ketones (excluding diaryl/α,β-unsaturated/α-hetero) is 1. The second kappa shape index (κ2) is 5.38. The molecule has 76 valence electrons. The van der Waals surface area contributed by atoms with Crippen LogP contribution in [0, 0.1) is 5.92 Å². The van der Waals surface area contributed by atoms with Gasteiger partial charge in [0.05, 0.1) is 0 Å². The monoisotopic (exact) mass is 184 g/mol. The summed E-state index contributed by atoms with van der Waals surface area (Å²) in [5, 5.41) is 9.42. The summed E-state index contributed by atoms with van der Waals surface area (Å²) in [5.41, 5.74) is 0. The molecule has 0 radical (unpaired) electrons. The average Bonchev–Trinajstić information content (AvgIpc) is 2.43. The van der Waals surface area contributed by atoms with Crippen molar-refractivity contribution < 1.29 is 9.90 Å². The lowest BCUT2D eigenvalue weighted by molar-refractivity contribution is -0.131. The predicted molar refractivity (Wildman–Crippen MR) is 52.5 cm³/mol. The first-order valence-electron chi connectivity index (χ1n) is 5.47. The van der Waals surface area contributed by atoms with Gasteiger partial charge >= 0.3 is 0 Å². The van der Waals surface area contributed by atoms with Crippen LogP contribution in [0.4, 0.5) is 0 Å². The fraction of sp³-hybridized carbons (Fsp3) is 0.909. The molecule has 1 rings (SSSR count). The molecule has 2 nitrogen and oxygen atoms in total. The summed E-state index contributed by atoms with van der Waals surface area (Å²) in [6.07, 6.45) is 6.68. The van der Waals surface area contributed by atoms with Crippen LogP contribution in [0.5, 0.6) is 0 Å². The Balaban J connectivity index is 2.43. The number of carbonyl (C=O) groups excluding carboxylic acids is 1. The van der Waals surface area contributed by atoms with E-state index in [1.807, 2.05) is 6.92 Å². The quantitative estimate of drug-likeness (QED) is 0.683. The number of aliphatic hydroxyl groups is 1. The van der Waals surface area contributed by atoms with E-state index >= 15 is 0 Å². The minimum absolute atomic E-state index is 0.0874. The first-order valence-corrected chi connectivity index (χ1v) is 5.47. The van der Waals surface area contributed by atoms with Gasteiger partial charge in [0.2, 0.25) is 0 Å². The maximum Gasteiger partial charge on any atom is 0.164 e. The molecule has 1 atom stereocenters. The molecule has 13 heavy (non-hydrogen) atoms. The minimum atomic E-state index is -0.705. The van der Waals surface area contributed by atoms with E-state index in [1.54, 1.807) is 0 Å². The topological polar surface area (TPSA) is 37.3 Å². The van der Waals surface area contributed by atoms with Gasteiger partial charge in [0, 0.05) is 5.92 Å². The van der Waals surface area contributed by atoms with Gasteiger partial charge in [-0.1, -0.05) is 32.6 Å². The molecule has 1 unspecified atom stereocenters. The standard InChI is InChI=1S/C11H20O2/c1-2-10(12)11(13)9-7-5-3-4-6-8-9/h9-10,12H,2-8H2,1H3. The second-order valence-corrected chi connectivity index (χ2v) is 4.01. The number of hydrogen-bond donors (Lipinski definition) is 1. The van der Waals surface area contributed by atoms with Crippen molar-refractivity contribution in [2.75, 3.05) is 0 Å². The van der Waals surface area contributed by atoms with Crippen LogP contribution in [0.3, 0.4) is 0 Å². The fourth-order valence-corrected chi connectivity index (χ4v) is 2.04. The summed E-state index contributed by atoms with van der Waals surface area (Å²) in [6.45, 7) is 1.86. The number of aliphatic hydroxyl groups excluding tert-OH is 1. The Kier molecular flexibility index (Phi) is 4.43. The van der Waals surface area contributed by atoms with Gasteiger partial charge < -0.3 is 5.11 Å². The molecule has 1 saturated carbocycles. The summed E-state index contributed by atoms with van der Waals surface area (Å²) in [4.78, 5) is 11.6. The highest BCUT2D eigenvalue weighted by Crippen LogP contribution is 2.24. The van der Waals surface area contributed by atoms with Crippen molar-refractivity contribution in [3.05, 3.63) is 0 Å². The van der Waals surface area contributed by atoms with Gasteiger partial charge in [-0.15, -0.1) is 0 Å². The minimum Gasteiger partial charge on any atom is -0.385 e. The zero-order chi connectivity index (χ0) is 9.68. The SMILES string of the molecule is CCC(O)C(=O)C1CCCCCC1. The molecule has 1 fully saturated rings. The van der Waals surface area contributed by atoms with E-state index in [2.05, 4.69) is 0 Å². The first kappa shape index (κ1) is 10.7. The van der Waals surface area contributed by atoms with E-state index in [0.29, 0.717) is 6.42 Å². The molecule has 0 bridgehead atoms. The zero-order valence-corrected chi connectivity index (χ0v) is 8.46. The highest BCUT2D eigenvalue weighted by atomic mass is 16.3. The molecular formula is C11H20O2. The van der Waals surface area contributed by atoms with Gasteiger partial charge in [-0.2, -0.15) is 0 Å². The van der Waals surface area contributed by atoms with Crippen molar-refractivity contribution in [2.24, 2.45) is 5.92 Å². The third-order valence-electron chi connectivity index (χ3n) is 2.97. The number of rotatable bonds is 3. The first-order chi connectivity index (χ1) is 6.25. The van der Waals surface area contributed by atoms with Crippen molar-refractivity contribution in [1.29, 1.82) is 0 Å². The molecular weight excluding hydrogens is 164 g/mol. The zero-order valence-electron chi connectivity index (χ0n) is 8.46. The molecule has 0 heterocycles.